The number of amides is 2. The molecule has 0 saturated carbocycles. The minimum atomic E-state index is -1.39. The van der Waals surface area contributed by atoms with Gasteiger partial charge in [-0.1, -0.05) is 15.9 Å². The van der Waals surface area contributed by atoms with Crippen LogP contribution in [0.1, 0.15) is 12.5 Å². The van der Waals surface area contributed by atoms with Crippen LogP contribution in [0, 0.1) is 11.7 Å². The van der Waals surface area contributed by atoms with E-state index in [9.17, 15) is 19.1 Å². The number of rotatable bonds is 5. The van der Waals surface area contributed by atoms with Crippen LogP contribution in [0.25, 0.3) is 0 Å². The highest BCUT2D eigenvalue weighted by Gasteiger charge is 2.55. The lowest BCUT2D eigenvalue weighted by Crippen LogP contribution is -2.54. The van der Waals surface area contributed by atoms with Crippen LogP contribution in [0.2, 0.25) is 0 Å². The summed E-state index contributed by atoms with van der Waals surface area (Å²) in [4.78, 5) is 29.1. The number of benzene rings is 1. The molecule has 9 heteroatoms. The number of carbonyl (C=O) groups excluding carboxylic acids is 2. The summed E-state index contributed by atoms with van der Waals surface area (Å²) in [5.41, 5.74) is -1.25. The topological polar surface area (TPSA) is 88.1 Å². The number of hydrogen-bond donors (Lipinski definition) is 2. The Labute approximate surface area is 153 Å². The first-order valence-electron chi connectivity index (χ1n) is 7.55. The summed E-state index contributed by atoms with van der Waals surface area (Å²) < 4.78 is 20.7. The Balaban J connectivity index is 2.55. The van der Waals surface area contributed by atoms with Crippen molar-refractivity contribution in [1.82, 2.24) is 10.4 Å². The van der Waals surface area contributed by atoms with Gasteiger partial charge in [0.1, 0.15) is 11.9 Å². The van der Waals surface area contributed by atoms with Gasteiger partial charge < -0.3 is 15.2 Å². The van der Waals surface area contributed by atoms with E-state index < -0.39 is 41.8 Å². The maximum absolute atomic E-state index is 14.6. The van der Waals surface area contributed by atoms with E-state index in [4.69, 9.17) is 9.57 Å². The minimum Gasteiger partial charge on any atom is -0.396 e. The molecule has 0 unspecified atom stereocenters. The van der Waals surface area contributed by atoms with Gasteiger partial charge in [0.2, 0.25) is 5.91 Å². The van der Waals surface area contributed by atoms with Gasteiger partial charge in [-0.3, -0.25) is 14.4 Å². The Bertz CT molecular complexity index is 674. The Hall–Kier alpha value is -1.55. The molecule has 1 fully saturated rings. The number of carbonyl (C=O) groups is 2. The van der Waals surface area contributed by atoms with E-state index in [2.05, 4.69) is 21.2 Å². The van der Waals surface area contributed by atoms with Gasteiger partial charge in [-0.25, -0.2) is 9.45 Å². The monoisotopic (exact) mass is 418 g/mol. The lowest BCUT2D eigenvalue weighted by Gasteiger charge is -2.36. The van der Waals surface area contributed by atoms with Crippen molar-refractivity contribution in [2.45, 2.75) is 18.6 Å². The van der Waals surface area contributed by atoms with Gasteiger partial charge in [0.25, 0.3) is 5.91 Å². The van der Waals surface area contributed by atoms with Crippen molar-refractivity contribution in [1.29, 1.82) is 0 Å². The lowest BCUT2D eigenvalue weighted by molar-refractivity contribution is -0.180. The first-order chi connectivity index (χ1) is 11.8. The predicted molar refractivity (Wildman–Crippen MR) is 89.7 cm³/mol. The van der Waals surface area contributed by atoms with Crippen molar-refractivity contribution in [3.8, 4) is 0 Å². The molecule has 2 rings (SSSR count). The van der Waals surface area contributed by atoms with E-state index in [0.29, 0.717) is 4.47 Å². The molecule has 1 aliphatic heterocycles. The molecule has 1 aliphatic rings. The summed E-state index contributed by atoms with van der Waals surface area (Å²) in [6.07, 6.45) is -1.10. The van der Waals surface area contributed by atoms with E-state index in [1.54, 1.807) is 0 Å². The second-order valence-corrected chi connectivity index (χ2v) is 6.73. The highest BCUT2D eigenvalue weighted by atomic mass is 79.9. The fourth-order valence-corrected chi connectivity index (χ4v) is 3.46. The third-order valence-corrected chi connectivity index (χ3v) is 4.81. The van der Waals surface area contributed by atoms with Crippen LogP contribution in [0.4, 0.5) is 4.39 Å². The molecule has 0 aliphatic carbocycles. The third kappa shape index (κ3) is 3.69. The molecule has 2 N–H and O–H groups in total. The van der Waals surface area contributed by atoms with Crippen LogP contribution >= 0.6 is 15.9 Å². The molecule has 0 aromatic heterocycles. The first kappa shape index (κ1) is 19.8. The fraction of sp³-hybridized carbons (Fsp3) is 0.500. The highest BCUT2D eigenvalue weighted by molar-refractivity contribution is 9.10. The molecule has 7 nitrogen and oxygen atoms in total. The van der Waals surface area contributed by atoms with E-state index in [1.165, 1.54) is 39.3 Å². The summed E-state index contributed by atoms with van der Waals surface area (Å²) in [6, 6.07) is 4.27. The van der Waals surface area contributed by atoms with Gasteiger partial charge in [0.05, 0.1) is 25.9 Å². The molecule has 1 aromatic carbocycles. The van der Waals surface area contributed by atoms with E-state index >= 15 is 0 Å². The number of ether oxygens (including phenoxy) is 1. The Kier molecular flexibility index (Phi) is 6.15. The smallest absolute Gasteiger partial charge is 0.275 e. The predicted octanol–water partition coefficient (Wildman–Crippen LogP) is 0.947. The molecule has 0 spiro atoms. The van der Waals surface area contributed by atoms with Crippen LogP contribution in [0.3, 0.4) is 0 Å². The molecule has 138 valence electrons. The fourth-order valence-electron chi connectivity index (χ4n) is 3.09. The molecule has 0 radical (unpaired) electrons. The van der Waals surface area contributed by atoms with Crippen molar-refractivity contribution in [3.05, 3.63) is 34.1 Å². The highest BCUT2D eigenvalue weighted by Crippen LogP contribution is 2.41. The molecule has 2 amide bonds. The van der Waals surface area contributed by atoms with Crippen molar-refractivity contribution in [3.63, 3.8) is 0 Å². The number of likely N-dealkylation sites (N-methyl/N-ethyl adjacent to an activating group) is 1. The van der Waals surface area contributed by atoms with Crippen LogP contribution in [0.5, 0.6) is 0 Å². The second kappa shape index (κ2) is 7.77. The maximum atomic E-state index is 14.6. The molecule has 1 saturated heterocycles. The van der Waals surface area contributed by atoms with E-state index in [-0.39, 0.29) is 12.2 Å². The quantitative estimate of drug-likeness (QED) is 0.694. The van der Waals surface area contributed by atoms with Gasteiger partial charge in [-0.05, 0) is 18.2 Å². The van der Waals surface area contributed by atoms with Gasteiger partial charge in [0.15, 0.2) is 0 Å². The normalized spacial score (nSPS) is 25.7. The standard InChI is InChI=1S/C16H20BrFN2O5/c1-9(22)19-16(11-6-10(17)4-5-13(11)18)8-25-14(12(16)7-21)15(23)20(2)24-3/h4-6,12,14,21H,7-8H2,1-3H3,(H,19,22)/t12-,14+,16-/m1/s1. The zero-order chi connectivity index (χ0) is 18.8. The maximum Gasteiger partial charge on any atom is 0.275 e. The van der Waals surface area contributed by atoms with Crippen LogP contribution in [0.15, 0.2) is 22.7 Å². The van der Waals surface area contributed by atoms with Gasteiger partial charge in [0, 0.05) is 29.9 Å². The number of nitrogens with zero attached hydrogens (tertiary/aromatic N) is 1. The zero-order valence-corrected chi connectivity index (χ0v) is 15.7. The number of nitrogens with one attached hydrogen (secondary N) is 1. The van der Waals surface area contributed by atoms with Gasteiger partial charge in [-0.2, -0.15) is 0 Å². The molecule has 1 aromatic rings. The van der Waals surface area contributed by atoms with Crippen molar-refractivity contribution in [2.24, 2.45) is 5.92 Å². The largest absolute Gasteiger partial charge is 0.396 e. The number of aliphatic hydroxyl groups excluding tert-OH is 1. The number of hydroxylamine groups is 2. The zero-order valence-electron chi connectivity index (χ0n) is 14.1. The molecule has 3 atom stereocenters. The van der Waals surface area contributed by atoms with Crippen molar-refractivity contribution >= 4 is 27.7 Å². The van der Waals surface area contributed by atoms with Gasteiger partial charge in [-0.15, -0.1) is 0 Å². The minimum absolute atomic E-state index is 0.131. The third-order valence-electron chi connectivity index (χ3n) is 4.32. The molecule has 25 heavy (non-hydrogen) atoms. The van der Waals surface area contributed by atoms with Crippen LogP contribution < -0.4 is 5.32 Å². The van der Waals surface area contributed by atoms with Crippen molar-refractivity contribution in [2.75, 3.05) is 27.4 Å². The number of hydrogen-bond acceptors (Lipinski definition) is 5. The van der Waals surface area contributed by atoms with E-state index in [0.717, 1.165) is 5.06 Å². The summed E-state index contributed by atoms with van der Waals surface area (Å²) in [6.45, 7) is 0.613. The Morgan fingerprint density at radius 1 is 1.56 bits per heavy atom. The molecular formula is C16H20BrFN2O5. The summed E-state index contributed by atoms with van der Waals surface area (Å²) in [5.74, 6) is -2.45. The molecular weight excluding hydrogens is 399 g/mol. The average Bonchev–Trinajstić information content (AvgIpc) is 2.93. The van der Waals surface area contributed by atoms with Gasteiger partial charge >= 0.3 is 0 Å². The summed E-state index contributed by atoms with van der Waals surface area (Å²) >= 11 is 3.28. The lowest BCUT2D eigenvalue weighted by atomic mass is 9.77. The first-order valence-corrected chi connectivity index (χ1v) is 8.34. The number of halogens is 2. The average molecular weight is 419 g/mol. The number of aliphatic hydroxyl groups is 1. The second-order valence-electron chi connectivity index (χ2n) is 5.82. The van der Waals surface area contributed by atoms with E-state index in [1.807, 2.05) is 0 Å². The molecule has 1 heterocycles. The Morgan fingerprint density at radius 3 is 2.80 bits per heavy atom. The molecule has 0 bridgehead atoms. The van der Waals surface area contributed by atoms with Crippen LogP contribution in [-0.4, -0.2) is 55.5 Å². The van der Waals surface area contributed by atoms with Crippen LogP contribution in [-0.2, 0) is 24.7 Å². The summed E-state index contributed by atoms with van der Waals surface area (Å²) in [5, 5.41) is 13.6. The summed E-state index contributed by atoms with van der Waals surface area (Å²) in [7, 11) is 2.72. The SMILES string of the molecule is CON(C)C(=O)[C@H]1OC[C@@](NC(C)=O)(c2cc(Br)ccc2F)[C@@H]1CO. The van der Waals surface area contributed by atoms with Crippen molar-refractivity contribution < 1.29 is 28.7 Å². The Morgan fingerprint density at radius 2 is 2.24 bits per heavy atom.